The smallest absolute Gasteiger partial charge is 0.323 e. The van der Waals surface area contributed by atoms with E-state index in [2.05, 4.69) is 22.9 Å². The van der Waals surface area contributed by atoms with Crippen molar-refractivity contribution in [3.05, 3.63) is 53.6 Å². The number of amides is 3. The minimum atomic E-state index is -0.770. The third kappa shape index (κ3) is 6.42. The number of fused-ring (bicyclic) bond motifs is 1. The molecule has 184 valence electrons. The van der Waals surface area contributed by atoms with Crippen molar-refractivity contribution in [2.75, 3.05) is 44.5 Å². The summed E-state index contributed by atoms with van der Waals surface area (Å²) in [7, 11) is 3.32. The molecule has 2 aromatic carbocycles. The van der Waals surface area contributed by atoms with Crippen LogP contribution in [0.2, 0.25) is 0 Å². The first-order chi connectivity index (χ1) is 16.2. The quantitative estimate of drug-likeness (QED) is 0.628. The number of rotatable bonds is 3. The topological polar surface area (TPSA) is 91.9 Å². The number of nitrogens with one attached hydrogen (secondary N) is 3. The molecular weight excluding hydrogens is 446 g/mol. The lowest BCUT2D eigenvalue weighted by atomic mass is 10.0. The molecule has 3 rings (SSSR count). The Morgan fingerprint density at radius 3 is 2.68 bits per heavy atom. The summed E-state index contributed by atoms with van der Waals surface area (Å²) in [6.45, 7) is 5.41. The summed E-state index contributed by atoms with van der Waals surface area (Å²) in [6, 6.07) is 6.61. The number of carbonyl (C=O) groups excluding carboxylic acids is 2. The van der Waals surface area contributed by atoms with Crippen molar-refractivity contribution in [3.63, 3.8) is 0 Å². The average molecular weight is 477 g/mol. The minimum Gasteiger partial charge on any atom is -0.491 e. The maximum Gasteiger partial charge on any atom is 0.323 e. The Morgan fingerprint density at radius 2 is 1.94 bits per heavy atom. The Labute approximate surface area is 197 Å². The average Bonchev–Trinajstić information content (AvgIpc) is 2.80. The standard InChI is InChI=1S/C24H30F2N4O4/c1-14-11-27-15(2)13-34-21-10-17(6-7-18(21)23(31)30(3)12-22(14)33-4)28-24(32)29-20-9-16(25)5-8-19(20)26/h5-10,14-15,22,27H,11-13H2,1-4H3,(H2,28,29,32)/t14-,15-,22-/m1/s1. The zero-order chi connectivity index (χ0) is 24.8. The van der Waals surface area contributed by atoms with Gasteiger partial charge in [-0.05, 0) is 37.1 Å². The van der Waals surface area contributed by atoms with Crippen LogP contribution in [0.25, 0.3) is 0 Å². The number of likely N-dealkylation sites (N-methyl/N-ethyl adjacent to an activating group) is 1. The van der Waals surface area contributed by atoms with E-state index in [-0.39, 0.29) is 29.7 Å². The highest BCUT2D eigenvalue weighted by Gasteiger charge is 2.25. The van der Waals surface area contributed by atoms with Crippen LogP contribution in [0.15, 0.2) is 36.4 Å². The molecule has 0 bridgehead atoms. The molecule has 1 aliphatic rings. The van der Waals surface area contributed by atoms with Gasteiger partial charge in [-0.15, -0.1) is 0 Å². The molecule has 2 aromatic rings. The fourth-order valence-electron chi connectivity index (χ4n) is 3.61. The molecule has 1 aliphatic heterocycles. The molecule has 0 spiro atoms. The van der Waals surface area contributed by atoms with Crippen LogP contribution in [0.5, 0.6) is 5.75 Å². The van der Waals surface area contributed by atoms with Gasteiger partial charge in [0.1, 0.15) is 24.0 Å². The SMILES string of the molecule is CO[C@@H]1CN(C)C(=O)c2ccc(NC(=O)Nc3cc(F)ccc3F)cc2OC[C@@H](C)NC[C@H]1C. The van der Waals surface area contributed by atoms with Crippen LogP contribution in [0.3, 0.4) is 0 Å². The predicted octanol–water partition coefficient (Wildman–Crippen LogP) is 3.70. The number of hydrogen-bond acceptors (Lipinski definition) is 5. The summed E-state index contributed by atoms with van der Waals surface area (Å²) in [4.78, 5) is 27.1. The van der Waals surface area contributed by atoms with Gasteiger partial charge in [-0.2, -0.15) is 0 Å². The monoisotopic (exact) mass is 476 g/mol. The Hall–Kier alpha value is -3.24. The second-order valence-corrected chi connectivity index (χ2v) is 8.47. The van der Waals surface area contributed by atoms with E-state index in [9.17, 15) is 18.4 Å². The van der Waals surface area contributed by atoms with E-state index < -0.39 is 17.7 Å². The molecule has 0 aromatic heterocycles. The van der Waals surface area contributed by atoms with Crippen molar-refractivity contribution in [3.8, 4) is 5.75 Å². The van der Waals surface area contributed by atoms with Crippen LogP contribution in [0, 0.1) is 17.6 Å². The van der Waals surface area contributed by atoms with Gasteiger partial charge in [0.25, 0.3) is 5.91 Å². The number of benzene rings is 2. The van der Waals surface area contributed by atoms with Gasteiger partial charge in [0, 0.05) is 51.1 Å². The summed E-state index contributed by atoms with van der Waals surface area (Å²) >= 11 is 0. The summed E-state index contributed by atoms with van der Waals surface area (Å²) < 4.78 is 38.7. The third-order valence-electron chi connectivity index (χ3n) is 5.66. The molecule has 3 amide bonds. The largest absolute Gasteiger partial charge is 0.491 e. The van der Waals surface area contributed by atoms with Gasteiger partial charge in [0.05, 0.1) is 17.4 Å². The summed E-state index contributed by atoms with van der Waals surface area (Å²) in [5.74, 6) is -1.22. The van der Waals surface area contributed by atoms with Crippen LogP contribution in [-0.4, -0.2) is 62.8 Å². The van der Waals surface area contributed by atoms with Crippen LogP contribution >= 0.6 is 0 Å². The first-order valence-corrected chi connectivity index (χ1v) is 11.0. The number of hydrogen-bond donors (Lipinski definition) is 3. The number of anilines is 2. The lowest BCUT2D eigenvalue weighted by Crippen LogP contribution is -2.44. The number of nitrogens with zero attached hydrogens (tertiary/aromatic N) is 1. The first kappa shape index (κ1) is 25.4. The number of urea groups is 1. The molecule has 34 heavy (non-hydrogen) atoms. The lowest BCUT2D eigenvalue weighted by Gasteiger charge is -2.30. The van der Waals surface area contributed by atoms with Gasteiger partial charge in [0.15, 0.2) is 0 Å². The second kappa shape index (κ2) is 11.3. The summed E-state index contributed by atoms with van der Waals surface area (Å²) in [5.41, 5.74) is 0.359. The molecular formula is C24H30F2N4O4. The molecule has 0 unspecified atom stereocenters. The fourth-order valence-corrected chi connectivity index (χ4v) is 3.61. The number of ether oxygens (including phenoxy) is 2. The molecule has 0 saturated heterocycles. The third-order valence-corrected chi connectivity index (χ3v) is 5.66. The fraction of sp³-hybridized carbons (Fsp3) is 0.417. The maximum atomic E-state index is 13.8. The molecule has 0 radical (unpaired) electrons. The number of carbonyl (C=O) groups is 2. The molecule has 0 fully saturated rings. The van der Waals surface area contributed by atoms with E-state index in [0.717, 1.165) is 18.2 Å². The van der Waals surface area contributed by atoms with Crippen molar-refractivity contribution in [2.45, 2.75) is 26.0 Å². The highest BCUT2D eigenvalue weighted by Crippen LogP contribution is 2.26. The molecule has 8 nitrogen and oxygen atoms in total. The Morgan fingerprint density at radius 1 is 1.18 bits per heavy atom. The minimum absolute atomic E-state index is 0.00377. The first-order valence-electron chi connectivity index (χ1n) is 11.0. The van der Waals surface area contributed by atoms with Crippen LogP contribution in [-0.2, 0) is 4.74 Å². The van der Waals surface area contributed by atoms with Gasteiger partial charge in [-0.25, -0.2) is 13.6 Å². The Kier molecular flexibility index (Phi) is 8.41. The normalized spacial score (nSPS) is 21.5. The zero-order valence-corrected chi connectivity index (χ0v) is 19.7. The molecule has 1 heterocycles. The molecule has 3 atom stereocenters. The van der Waals surface area contributed by atoms with Crippen molar-refractivity contribution >= 4 is 23.3 Å². The van der Waals surface area contributed by atoms with Crippen LogP contribution in [0.1, 0.15) is 24.2 Å². The van der Waals surface area contributed by atoms with Gasteiger partial charge in [-0.3, -0.25) is 4.79 Å². The van der Waals surface area contributed by atoms with E-state index in [1.54, 1.807) is 31.2 Å². The summed E-state index contributed by atoms with van der Waals surface area (Å²) in [5, 5.41) is 8.22. The zero-order valence-electron chi connectivity index (χ0n) is 19.7. The van der Waals surface area contributed by atoms with Crippen molar-refractivity contribution < 1.29 is 27.8 Å². The van der Waals surface area contributed by atoms with E-state index in [0.29, 0.717) is 36.7 Å². The number of methoxy groups -OCH3 is 1. The summed E-state index contributed by atoms with van der Waals surface area (Å²) in [6.07, 6.45) is -0.148. The van der Waals surface area contributed by atoms with Gasteiger partial charge in [0.2, 0.25) is 0 Å². The van der Waals surface area contributed by atoms with Gasteiger partial charge >= 0.3 is 6.03 Å². The highest BCUT2D eigenvalue weighted by molar-refractivity contribution is 6.01. The molecule has 10 heteroatoms. The molecule has 0 aliphatic carbocycles. The Bertz CT molecular complexity index is 1040. The number of halogens is 2. The lowest BCUT2D eigenvalue weighted by molar-refractivity contribution is 0.0281. The predicted molar refractivity (Wildman–Crippen MR) is 125 cm³/mol. The van der Waals surface area contributed by atoms with E-state index in [1.165, 1.54) is 6.07 Å². The van der Waals surface area contributed by atoms with Crippen LogP contribution < -0.4 is 20.7 Å². The van der Waals surface area contributed by atoms with Crippen molar-refractivity contribution in [1.29, 1.82) is 0 Å². The van der Waals surface area contributed by atoms with Crippen molar-refractivity contribution in [1.82, 2.24) is 10.2 Å². The van der Waals surface area contributed by atoms with E-state index in [4.69, 9.17) is 9.47 Å². The second-order valence-electron chi connectivity index (χ2n) is 8.47. The highest BCUT2D eigenvalue weighted by atomic mass is 19.1. The molecule has 3 N–H and O–H groups in total. The van der Waals surface area contributed by atoms with E-state index in [1.807, 2.05) is 6.92 Å². The van der Waals surface area contributed by atoms with Gasteiger partial charge < -0.3 is 30.3 Å². The van der Waals surface area contributed by atoms with E-state index >= 15 is 0 Å². The maximum absolute atomic E-state index is 13.8. The van der Waals surface area contributed by atoms with Crippen LogP contribution in [0.4, 0.5) is 25.0 Å². The van der Waals surface area contributed by atoms with Gasteiger partial charge in [-0.1, -0.05) is 6.92 Å². The Balaban J connectivity index is 1.82. The van der Waals surface area contributed by atoms with Crippen molar-refractivity contribution in [2.24, 2.45) is 5.92 Å². The molecule has 0 saturated carbocycles.